The molecule has 1 aromatic carbocycles. The number of benzene rings is 1. The van der Waals surface area contributed by atoms with Crippen LogP contribution in [0.5, 0.6) is 0 Å². The monoisotopic (exact) mass is 292 g/mol. The maximum Gasteiger partial charge on any atom is 0.330 e. The lowest BCUT2D eigenvalue weighted by Crippen LogP contribution is -2.48. The first kappa shape index (κ1) is 15.3. The number of piperidine rings is 1. The first-order valence-corrected chi connectivity index (χ1v) is 6.98. The van der Waals surface area contributed by atoms with Crippen molar-refractivity contribution in [3.63, 3.8) is 0 Å². The molecule has 1 heterocycles. The van der Waals surface area contributed by atoms with Crippen LogP contribution >= 0.6 is 0 Å². The largest absolute Gasteiger partial charge is 0.479 e. The van der Waals surface area contributed by atoms with Crippen LogP contribution in [0.2, 0.25) is 0 Å². The summed E-state index contributed by atoms with van der Waals surface area (Å²) in [6.45, 7) is 1.15. The number of likely N-dealkylation sites (tertiary alicyclic amines) is 1. The van der Waals surface area contributed by atoms with Crippen LogP contribution in [-0.4, -0.2) is 48.3 Å². The van der Waals surface area contributed by atoms with Gasteiger partial charge in [0, 0.05) is 20.2 Å². The molecule has 6 heteroatoms. The average Bonchev–Trinajstić information content (AvgIpc) is 2.53. The molecule has 0 aromatic heterocycles. The fourth-order valence-electron chi connectivity index (χ4n) is 2.44. The zero-order chi connectivity index (χ0) is 15.2. The minimum absolute atomic E-state index is 0.179. The first-order valence-electron chi connectivity index (χ1n) is 6.98. The van der Waals surface area contributed by atoms with Crippen LogP contribution in [0.4, 0.5) is 4.79 Å². The molecule has 1 saturated heterocycles. The smallest absolute Gasteiger partial charge is 0.330 e. The van der Waals surface area contributed by atoms with Crippen molar-refractivity contribution >= 4 is 12.0 Å². The Balaban J connectivity index is 1.98. The lowest BCUT2D eigenvalue weighted by atomic mass is 10.1. The summed E-state index contributed by atoms with van der Waals surface area (Å²) in [5.41, 5.74) is 0.560. The Kier molecular flexibility index (Phi) is 5.16. The van der Waals surface area contributed by atoms with Crippen molar-refractivity contribution in [3.05, 3.63) is 35.9 Å². The zero-order valence-corrected chi connectivity index (χ0v) is 12.0. The van der Waals surface area contributed by atoms with E-state index >= 15 is 0 Å². The molecule has 1 aromatic rings. The maximum absolute atomic E-state index is 12.2. The number of methoxy groups -OCH3 is 1. The summed E-state index contributed by atoms with van der Waals surface area (Å²) in [7, 11) is 1.66. The number of hydrogen-bond donors (Lipinski definition) is 2. The van der Waals surface area contributed by atoms with Crippen molar-refractivity contribution in [3.8, 4) is 0 Å². The van der Waals surface area contributed by atoms with Crippen LogP contribution in [0.25, 0.3) is 0 Å². The molecular weight excluding hydrogens is 272 g/mol. The van der Waals surface area contributed by atoms with E-state index in [0.29, 0.717) is 18.7 Å². The molecule has 1 aliphatic heterocycles. The van der Waals surface area contributed by atoms with Crippen LogP contribution in [0.3, 0.4) is 0 Å². The Bertz CT molecular complexity index is 484. The van der Waals surface area contributed by atoms with Gasteiger partial charge in [-0.3, -0.25) is 0 Å². The summed E-state index contributed by atoms with van der Waals surface area (Å²) in [5.74, 6) is -1.07. The molecule has 2 N–H and O–H groups in total. The van der Waals surface area contributed by atoms with Gasteiger partial charge in [-0.25, -0.2) is 9.59 Å². The van der Waals surface area contributed by atoms with Gasteiger partial charge in [-0.15, -0.1) is 0 Å². The van der Waals surface area contributed by atoms with Gasteiger partial charge in [-0.2, -0.15) is 0 Å². The summed E-state index contributed by atoms with van der Waals surface area (Å²) in [6.07, 6.45) is 1.72. The number of carboxylic acid groups (broad SMARTS) is 1. The zero-order valence-electron chi connectivity index (χ0n) is 12.0. The van der Waals surface area contributed by atoms with Crippen LogP contribution in [0.15, 0.2) is 30.3 Å². The van der Waals surface area contributed by atoms with Gasteiger partial charge in [0.1, 0.15) is 0 Å². The van der Waals surface area contributed by atoms with Crippen molar-refractivity contribution in [1.82, 2.24) is 10.2 Å². The van der Waals surface area contributed by atoms with Crippen LogP contribution in [-0.2, 0) is 9.53 Å². The molecule has 1 fully saturated rings. The lowest BCUT2D eigenvalue weighted by Gasteiger charge is -2.32. The summed E-state index contributed by atoms with van der Waals surface area (Å²) in [5, 5.41) is 11.9. The topological polar surface area (TPSA) is 78.9 Å². The molecule has 114 valence electrons. The molecule has 1 atom stereocenters. The standard InChI is InChI=1S/C15H20N2O4/c1-21-12-7-9-17(10-8-12)15(20)16-13(14(18)19)11-5-3-2-4-6-11/h2-6,12-13H,7-10H2,1H3,(H,16,20)(H,18,19). The Morgan fingerprint density at radius 3 is 2.43 bits per heavy atom. The van der Waals surface area contributed by atoms with E-state index in [1.807, 2.05) is 0 Å². The third-order valence-corrected chi connectivity index (χ3v) is 3.71. The number of hydrogen-bond acceptors (Lipinski definition) is 3. The van der Waals surface area contributed by atoms with Crippen LogP contribution in [0, 0.1) is 0 Å². The molecule has 0 aliphatic carbocycles. The van der Waals surface area contributed by atoms with Crippen LogP contribution < -0.4 is 5.32 Å². The van der Waals surface area contributed by atoms with Gasteiger partial charge in [0.2, 0.25) is 0 Å². The molecule has 0 saturated carbocycles. The van der Waals surface area contributed by atoms with E-state index in [1.54, 1.807) is 42.3 Å². The number of carbonyl (C=O) groups is 2. The lowest BCUT2D eigenvalue weighted by molar-refractivity contribution is -0.139. The number of nitrogens with zero attached hydrogens (tertiary/aromatic N) is 1. The molecule has 0 spiro atoms. The second-order valence-electron chi connectivity index (χ2n) is 5.05. The van der Waals surface area contributed by atoms with Gasteiger partial charge < -0.3 is 20.1 Å². The molecule has 21 heavy (non-hydrogen) atoms. The molecule has 2 rings (SSSR count). The van der Waals surface area contributed by atoms with Gasteiger partial charge in [0.05, 0.1) is 6.10 Å². The molecule has 1 aliphatic rings. The van der Waals surface area contributed by atoms with E-state index in [2.05, 4.69) is 5.32 Å². The highest BCUT2D eigenvalue weighted by atomic mass is 16.5. The third kappa shape index (κ3) is 3.95. The number of carbonyl (C=O) groups excluding carboxylic acids is 1. The molecule has 0 radical (unpaired) electrons. The third-order valence-electron chi connectivity index (χ3n) is 3.71. The summed E-state index contributed by atoms with van der Waals surface area (Å²) in [6, 6.07) is 7.31. The molecule has 2 amide bonds. The van der Waals surface area contributed by atoms with E-state index < -0.39 is 12.0 Å². The van der Waals surface area contributed by atoms with Crippen molar-refractivity contribution < 1.29 is 19.4 Å². The first-order chi connectivity index (χ1) is 10.1. The minimum atomic E-state index is -1.07. The van der Waals surface area contributed by atoms with Crippen molar-refractivity contribution in [2.75, 3.05) is 20.2 Å². The van der Waals surface area contributed by atoms with Gasteiger partial charge in [0.15, 0.2) is 6.04 Å². The van der Waals surface area contributed by atoms with Crippen LogP contribution in [0.1, 0.15) is 24.4 Å². The fourth-order valence-corrected chi connectivity index (χ4v) is 2.44. The van der Waals surface area contributed by atoms with E-state index in [-0.39, 0.29) is 12.1 Å². The van der Waals surface area contributed by atoms with Crippen molar-refractivity contribution in [2.24, 2.45) is 0 Å². The second-order valence-corrected chi connectivity index (χ2v) is 5.05. The Hall–Kier alpha value is -2.08. The highest BCUT2D eigenvalue weighted by Gasteiger charge is 2.27. The van der Waals surface area contributed by atoms with Gasteiger partial charge in [-0.1, -0.05) is 30.3 Å². The highest BCUT2D eigenvalue weighted by molar-refractivity contribution is 5.83. The number of nitrogens with one attached hydrogen (secondary N) is 1. The van der Waals surface area contributed by atoms with Gasteiger partial charge in [0.25, 0.3) is 0 Å². The van der Waals surface area contributed by atoms with E-state index in [0.717, 1.165) is 12.8 Å². The Morgan fingerprint density at radius 1 is 1.29 bits per heavy atom. The number of carboxylic acids is 1. The minimum Gasteiger partial charge on any atom is -0.479 e. The van der Waals surface area contributed by atoms with Crippen molar-refractivity contribution in [2.45, 2.75) is 25.0 Å². The maximum atomic E-state index is 12.2. The number of ether oxygens (including phenoxy) is 1. The number of amides is 2. The second kappa shape index (κ2) is 7.08. The van der Waals surface area contributed by atoms with Crippen molar-refractivity contribution in [1.29, 1.82) is 0 Å². The molecule has 0 bridgehead atoms. The number of urea groups is 1. The quantitative estimate of drug-likeness (QED) is 0.884. The highest BCUT2D eigenvalue weighted by Crippen LogP contribution is 2.16. The Labute approximate surface area is 123 Å². The molecular formula is C15H20N2O4. The van der Waals surface area contributed by atoms with Gasteiger partial charge in [-0.05, 0) is 18.4 Å². The normalized spacial score (nSPS) is 17.3. The predicted molar refractivity (Wildman–Crippen MR) is 77.0 cm³/mol. The number of aliphatic carboxylic acids is 1. The van der Waals surface area contributed by atoms with Gasteiger partial charge >= 0.3 is 12.0 Å². The number of rotatable bonds is 4. The predicted octanol–water partition coefficient (Wildman–Crippen LogP) is 1.63. The summed E-state index contributed by atoms with van der Waals surface area (Å²) < 4.78 is 5.26. The Morgan fingerprint density at radius 2 is 1.90 bits per heavy atom. The van der Waals surface area contributed by atoms with E-state index in [4.69, 9.17) is 4.74 Å². The van der Waals surface area contributed by atoms with E-state index in [9.17, 15) is 14.7 Å². The summed E-state index contributed by atoms with van der Waals surface area (Å²) in [4.78, 5) is 25.2. The fraction of sp³-hybridized carbons (Fsp3) is 0.467. The summed E-state index contributed by atoms with van der Waals surface area (Å²) >= 11 is 0. The SMILES string of the molecule is COC1CCN(C(=O)NC(C(=O)O)c2ccccc2)CC1. The average molecular weight is 292 g/mol. The molecule has 1 unspecified atom stereocenters. The molecule has 6 nitrogen and oxygen atoms in total. The van der Waals surface area contributed by atoms with E-state index in [1.165, 1.54) is 0 Å².